The Morgan fingerprint density at radius 3 is 1.90 bits per heavy atom. The summed E-state index contributed by atoms with van der Waals surface area (Å²) >= 11 is 0. The van der Waals surface area contributed by atoms with Crippen LogP contribution in [0.15, 0.2) is 65.7 Å². The monoisotopic (exact) mass is 406 g/mol. The van der Waals surface area contributed by atoms with Crippen molar-refractivity contribution in [3.63, 3.8) is 0 Å². The Morgan fingerprint density at radius 1 is 0.867 bits per heavy atom. The number of nitrogens with zero attached hydrogens (tertiary/aromatic N) is 4. The molecule has 0 aromatic heterocycles. The minimum absolute atomic E-state index is 0.0234. The normalized spacial score (nSPS) is 20.1. The van der Waals surface area contributed by atoms with Crippen LogP contribution in [0.5, 0.6) is 0 Å². The van der Waals surface area contributed by atoms with E-state index in [0.29, 0.717) is 6.04 Å². The van der Waals surface area contributed by atoms with Crippen LogP contribution in [0.4, 0.5) is 0 Å². The maximum Gasteiger partial charge on any atom is 0.126 e. The van der Waals surface area contributed by atoms with Crippen LogP contribution >= 0.6 is 0 Å². The molecule has 30 heavy (non-hydrogen) atoms. The summed E-state index contributed by atoms with van der Waals surface area (Å²) in [6.07, 6.45) is 2.53. The Morgan fingerprint density at radius 2 is 1.40 bits per heavy atom. The van der Waals surface area contributed by atoms with Crippen LogP contribution in [0.3, 0.4) is 0 Å². The third-order valence-electron chi connectivity index (χ3n) is 6.53. The molecule has 5 heteroatoms. The molecule has 160 valence electrons. The number of hydrogen-bond donors (Lipinski definition) is 1. The zero-order valence-corrected chi connectivity index (χ0v) is 18.0. The van der Waals surface area contributed by atoms with Crippen LogP contribution in [0.2, 0.25) is 0 Å². The van der Waals surface area contributed by atoms with Crippen molar-refractivity contribution in [3.8, 4) is 0 Å². The van der Waals surface area contributed by atoms with Crippen molar-refractivity contribution in [2.24, 2.45) is 4.99 Å². The molecule has 2 aromatic carbocycles. The number of hydrogen-bond acceptors (Lipinski definition) is 4. The molecular formula is C25H34N4O. The fourth-order valence-electron chi connectivity index (χ4n) is 4.69. The van der Waals surface area contributed by atoms with E-state index in [-0.39, 0.29) is 12.6 Å². The van der Waals surface area contributed by atoms with E-state index in [1.165, 1.54) is 25.9 Å². The highest BCUT2D eigenvalue weighted by molar-refractivity contribution is 5.84. The number of piperazine rings is 1. The molecule has 0 unspecified atom stereocenters. The van der Waals surface area contributed by atoms with Crippen molar-refractivity contribution in [3.05, 3.63) is 71.8 Å². The van der Waals surface area contributed by atoms with E-state index >= 15 is 0 Å². The van der Waals surface area contributed by atoms with Gasteiger partial charge in [0.05, 0.1) is 0 Å². The molecule has 0 atom stereocenters. The van der Waals surface area contributed by atoms with E-state index in [1.807, 2.05) is 12.1 Å². The first-order valence-corrected chi connectivity index (χ1v) is 11.2. The molecule has 1 N–H and O–H groups in total. The van der Waals surface area contributed by atoms with Gasteiger partial charge in [-0.2, -0.15) is 0 Å². The Hall–Kier alpha value is -2.21. The van der Waals surface area contributed by atoms with Crippen molar-refractivity contribution in [2.75, 3.05) is 52.9 Å². The minimum atomic E-state index is -0.0959. The van der Waals surface area contributed by atoms with Crippen molar-refractivity contribution >= 4 is 5.84 Å². The number of aliphatic imine (C=N–C) groups is 1. The number of aliphatic hydroxyl groups is 1. The molecule has 0 radical (unpaired) electrons. The van der Waals surface area contributed by atoms with Crippen LogP contribution < -0.4 is 0 Å². The SMILES string of the molecule is CN1CCC(N2CCN(C(CO)=NC(c3ccccc3)c3ccccc3)CC2)CC1. The predicted molar refractivity (Wildman–Crippen MR) is 123 cm³/mol. The summed E-state index contributed by atoms with van der Waals surface area (Å²) < 4.78 is 0. The Labute approximate surface area is 180 Å². The lowest BCUT2D eigenvalue weighted by Gasteiger charge is -2.43. The number of benzene rings is 2. The molecule has 5 nitrogen and oxygen atoms in total. The zero-order chi connectivity index (χ0) is 20.8. The maximum absolute atomic E-state index is 10.2. The largest absolute Gasteiger partial charge is 0.388 e. The number of rotatable bonds is 5. The van der Waals surface area contributed by atoms with Crippen molar-refractivity contribution in [1.82, 2.24) is 14.7 Å². The molecule has 0 amide bonds. The standard InChI is InChI=1S/C25H34N4O/c1-27-14-12-23(13-15-27)28-16-18-29(19-17-28)24(20-30)26-25(21-8-4-2-5-9-21)22-10-6-3-7-11-22/h2-11,23,25,30H,12-20H2,1H3. The Kier molecular flexibility index (Phi) is 7.16. The van der Waals surface area contributed by atoms with E-state index in [9.17, 15) is 5.11 Å². The average molecular weight is 407 g/mol. The molecule has 0 bridgehead atoms. The summed E-state index contributed by atoms with van der Waals surface area (Å²) in [6, 6.07) is 21.4. The fraction of sp³-hybridized carbons (Fsp3) is 0.480. The van der Waals surface area contributed by atoms with Gasteiger partial charge in [0, 0.05) is 32.2 Å². The van der Waals surface area contributed by atoms with Gasteiger partial charge in [-0.05, 0) is 44.1 Å². The molecule has 2 heterocycles. The number of amidine groups is 1. The lowest BCUT2D eigenvalue weighted by Crippen LogP contribution is -2.54. The molecule has 2 aliphatic rings. The van der Waals surface area contributed by atoms with Gasteiger partial charge in [-0.15, -0.1) is 0 Å². The predicted octanol–water partition coefficient (Wildman–Crippen LogP) is 2.88. The summed E-state index contributed by atoms with van der Waals surface area (Å²) in [5.41, 5.74) is 2.30. The third-order valence-corrected chi connectivity index (χ3v) is 6.53. The highest BCUT2D eigenvalue weighted by Gasteiger charge is 2.27. The van der Waals surface area contributed by atoms with E-state index in [2.05, 4.69) is 70.3 Å². The van der Waals surface area contributed by atoms with Gasteiger partial charge in [-0.25, -0.2) is 0 Å². The van der Waals surface area contributed by atoms with Gasteiger partial charge in [0.1, 0.15) is 18.5 Å². The van der Waals surface area contributed by atoms with E-state index in [4.69, 9.17) is 4.99 Å². The first kappa shape index (κ1) is 21.0. The first-order chi connectivity index (χ1) is 14.7. The van der Waals surface area contributed by atoms with Crippen LogP contribution in [-0.4, -0.2) is 84.6 Å². The van der Waals surface area contributed by atoms with Crippen molar-refractivity contribution in [1.29, 1.82) is 0 Å². The number of piperidine rings is 1. The quantitative estimate of drug-likeness (QED) is 0.613. The lowest BCUT2D eigenvalue weighted by atomic mass is 9.99. The van der Waals surface area contributed by atoms with Crippen LogP contribution in [0, 0.1) is 0 Å². The molecule has 2 aliphatic heterocycles. The molecule has 2 aromatic rings. The van der Waals surface area contributed by atoms with Gasteiger partial charge < -0.3 is 14.9 Å². The van der Waals surface area contributed by atoms with Crippen molar-refractivity contribution in [2.45, 2.75) is 24.9 Å². The second-order valence-corrected chi connectivity index (χ2v) is 8.48. The highest BCUT2D eigenvalue weighted by Crippen LogP contribution is 2.27. The third kappa shape index (κ3) is 5.09. The van der Waals surface area contributed by atoms with Gasteiger partial charge >= 0.3 is 0 Å². The average Bonchev–Trinajstić information content (AvgIpc) is 2.82. The van der Waals surface area contributed by atoms with Crippen LogP contribution in [-0.2, 0) is 0 Å². The smallest absolute Gasteiger partial charge is 0.126 e. The summed E-state index contributed by atoms with van der Waals surface area (Å²) in [7, 11) is 2.22. The molecule has 0 saturated carbocycles. The second-order valence-electron chi connectivity index (χ2n) is 8.48. The number of likely N-dealkylation sites (tertiary alicyclic amines) is 1. The summed E-state index contributed by atoms with van der Waals surface area (Å²) in [6.45, 7) is 6.34. The lowest BCUT2D eigenvalue weighted by molar-refractivity contribution is 0.0844. The first-order valence-electron chi connectivity index (χ1n) is 11.2. The molecule has 0 spiro atoms. The van der Waals surface area contributed by atoms with Crippen LogP contribution in [0.25, 0.3) is 0 Å². The van der Waals surface area contributed by atoms with Gasteiger partial charge in [0.15, 0.2) is 0 Å². The van der Waals surface area contributed by atoms with E-state index in [1.54, 1.807) is 0 Å². The topological polar surface area (TPSA) is 42.3 Å². The molecule has 2 saturated heterocycles. The van der Waals surface area contributed by atoms with Gasteiger partial charge in [-0.3, -0.25) is 9.89 Å². The van der Waals surface area contributed by atoms with Gasteiger partial charge in [-0.1, -0.05) is 60.7 Å². The van der Waals surface area contributed by atoms with E-state index in [0.717, 1.165) is 43.1 Å². The van der Waals surface area contributed by atoms with Crippen molar-refractivity contribution < 1.29 is 5.11 Å². The summed E-state index contributed by atoms with van der Waals surface area (Å²) in [5.74, 6) is 0.802. The van der Waals surface area contributed by atoms with E-state index < -0.39 is 0 Å². The number of aliphatic hydroxyl groups excluding tert-OH is 1. The minimum Gasteiger partial charge on any atom is -0.388 e. The second kappa shape index (κ2) is 10.2. The summed E-state index contributed by atoms with van der Waals surface area (Å²) in [4.78, 5) is 12.4. The zero-order valence-electron chi connectivity index (χ0n) is 18.0. The molecule has 2 fully saturated rings. The van der Waals surface area contributed by atoms with Gasteiger partial charge in [0.2, 0.25) is 0 Å². The maximum atomic E-state index is 10.2. The fourth-order valence-corrected chi connectivity index (χ4v) is 4.69. The summed E-state index contributed by atoms with van der Waals surface area (Å²) in [5, 5.41) is 10.2. The molecule has 0 aliphatic carbocycles. The highest BCUT2D eigenvalue weighted by atomic mass is 16.3. The Bertz CT molecular complexity index is 755. The molecule has 4 rings (SSSR count). The van der Waals surface area contributed by atoms with Gasteiger partial charge in [0.25, 0.3) is 0 Å². The molecular weight excluding hydrogens is 372 g/mol. The Balaban J connectivity index is 1.48. The van der Waals surface area contributed by atoms with Crippen LogP contribution in [0.1, 0.15) is 30.0 Å².